The lowest BCUT2D eigenvalue weighted by Crippen LogP contribution is -2.37. The molecule has 1 aromatic carbocycles. The molecule has 18 heavy (non-hydrogen) atoms. The number of hydrogen-bond donors (Lipinski definition) is 1. The first-order valence-corrected chi connectivity index (χ1v) is 6.38. The Kier molecular flexibility index (Phi) is 3.70. The molecule has 1 aliphatic heterocycles. The minimum Gasteiger partial charge on any atom is -0.312 e. The number of carbonyl (C=O) groups is 1. The van der Waals surface area contributed by atoms with E-state index in [4.69, 9.17) is 0 Å². The van der Waals surface area contributed by atoms with Crippen LogP contribution in [0.15, 0.2) is 12.1 Å². The average molecular weight is 276 g/mol. The molecule has 2 amide bonds. The fourth-order valence-electron chi connectivity index (χ4n) is 1.67. The summed E-state index contributed by atoms with van der Waals surface area (Å²) in [5.74, 6) is -3.45. The van der Waals surface area contributed by atoms with Gasteiger partial charge in [-0.1, -0.05) is 0 Å². The molecule has 7 heteroatoms. The number of nitrogens with one attached hydrogen (secondary N) is 1. The Labute approximate surface area is 106 Å². The van der Waals surface area contributed by atoms with Crippen molar-refractivity contribution in [3.63, 3.8) is 0 Å². The van der Waals surface area contributed by atoms with E-state index >= 15 is 0 Å². The summed E-state index contributed by atoms with van der Waals surface area (Å²) in [5.41, 5.74) is -0.358. The Morgan fingerprint density at radius 3 is 2.72 bits per heavy atom. The van der Waals surface area contributed by atoms with Crippen molar-refractivity contribution in [3.05, 3.63) is 29.6 Å². The van der Waals surface area contributed by atoms with Gasteiger partial charge in [0.05, 0.1) is 11.1 Å². The fourth-order valence-corrected chi connectivity index (χ4v) is 2.69. The molecule has 1 fully saturated rings. The molecule has 1 aliphatic rings. The summed E-state index contributed by atoms with van der Waals surface area (Å²) in [7, 11) is 0. The summed E-state index contributed by atoms with van der Waals surface area (Å²) in [4.78, 5) is 13.3. The highest BCUT2D eigenvalue weighted by atomic mass is 32.2. The molecule has 1 N–H and O–H groups in total. The van der Waals surface area contributed by atoms with Gasteiger partial charge in [0.25, 0.3) is 0 Å². The van der Waals surface area contributed by atoms with E-state index in [1.54, 1.807) is 11.8 Å². The molecule has 3 nitrogen and oxygen atoms in total. The van der Waals surface area contributed by atoms with Crippen LogP contribution in [0.5, 0.6) is 0 Å². The lowest BCUT2D eigenvalue weighted by atomic mass is 10.3. The van der Waals surface area contributed by atoms with Gasteiger partial charge < -0.3 is 10.2 Å². The van der Waals surface area contributed by atoms with Crippen molar-refractivity contribution in [3.8, 4) is 0 Å². The number of halogens is 3. The quantitative estimate of drug-likeness (QED) is 0.800. The van der Waals surface area contributed by atoms with Gasteiger partial charge in [0.2, 0.25) is 0 Å². The molecule has 0 aliphatic carbocycles. The number of amides is 2. The molecular weight excluding hydrogens is 265 g/mol. The molecule has 0 saturated carbocycles. The maximum Gasteiger partial charge on any atom is 0.322 e. The number of thioether (sulfide) groups is 1. The van der Waals surface area contributed by atoms with Crippen molar-refractivity contribution >= 4 is 23.5 Å². The molecule has 2 rings (SSSR count). The molecule has 0 aromatic heterocycles. The Morgan fingerprint density at radius 1 is 1.39 bits per heavy atom. The van der Waals surface area contributed by atoms with Crippen LogP contribution in [0.3, 0.4) is 0 Å². The predicted molar refractivity (Wildman–Crippen MR) is 64.0 cm³/mol. The van der Waals surface area contributed by atoms with Crippen molar-refractivity contribution in [1.82, 2.24) is 4.90 Å². The molecule has 1 atom stereocenters. The van der Waals surface area contributed by atoms with Gasteiger partial charge in [-0.2, -0.15) is 0 Å². The lowest BCUT2D eigenvalue weighted by Gasteiger charge is -2.21. The van der Waals surface area contributed by atoms with E-state index in [9.17, 15) is 18.0 Å². The van der Waals surface area contributed by atoms with Crippen molar-refractivity contribution in [2.45, 2.75) is 12.3 Å². The molecule has 0 radical (unpaired) electrons. The fraction of sp³-hybridized carbons (Fsp3) is 0.364. The van der Waals surface area contributed by atoms with E-state index in [0.29, 0.717) is 6.54 Å². The highest BCUT2D eigenvalue weighted by Crippen LogP contribution is 2.25. The zero-order valence-corrected chi connectivity index (χ0v) is 10.4. The van der Waals surface area contributed by atoms with Crippen molar-refractivity contribution < 1.29 is 18.0 Å². The number of benzene rings is 1. The lowest BCUT2D eigenvalue weighted by molar-refractivity contribution is 0.216. The minimum atomic E-state index is -1.59. The van der Waals surface area contributed by atoms with E-state index in [-0.39, 0.29) is 11.1 Å². The SMILES string of the molecule is CC1SCCN1C(=O)Nc1ccc(F)c(F)c1F. The van der Waals surface area contributed by atoms with Gasteiger partial charge in [0.1, 0.15) is 0 Å². The van der Waals surface area contributed by atoms with Crippen molar-refractivity contribution in [2.75, 3.05) is 17.6 Å². The number of rotatable bonds is 1. The topological polar surface area (TPSA) is 32.3 Å². The molecular formula is C11H11F3N2OS. The molecule has 1 unspecified atom stereocenters. The van der Waals surface area contributed by atoms with Gasteiger partial charge in [0, 0.05) is 12.3 Å². The Hall–Kier alpha value is -1.37. The molecule has 98 valence electrons. The number of carbonyl (C=O) groups excluding carboxylic acids is 1. The summed E-state index contributed by atoms with van der Waals surface area (Å²) in [6.45, 7) is 2.39. The second-order valence-electron chi connectivity index (χ2n) is 3.82. The number of urea groups is 1. The number of anilines is 1. The number of hydrogen-bond acceptors (Lipinski definition) is 2. The summed E-state index contributed by atoms with van der Waals surface area (Å²) in [6.07, 6.45) is 0. The van der Waals surface area contributed by atoms with Crippen LogP contribution in [0.2, 0.25) is 0 Å². The van der Waals surface area contributed by atoms with E-state index in [1.807, 2.05) is 6.92 Å². The monoisotopic (exact) mass is 276 g/mol. The van der Waals surface area contributed by atoms with Crippen molar-refractivity contribution in [2.24, 2.45) is 0 Å². The zero-order valence-electron chi connectivity index (χ0n) is 9.54. The Bertz CT molecular complexity index is 484. The summed E-state index contributed by atoms with van der Waals surface area (Å²) >= 11 is 1.59. The van der Waals surface area contributed by atoms with Crippen LogP contribution < -0.4 is 5.32 Å². The summed E-state index contributed by atoms with van der Waals surface area (Å²) in [5, 5.41) is 2.23. The maximum atomic E-state index is 13.4. The molecule has 0 spiro atoms. The first kappa shape index (κ1) is 13.1. The van der Waals surface area contributed by atoms with Crippen LogP contribution in [-0.2, 0) is 0 Å². The van der Waals surface area contributed by atoms with Crippen LogP contribution in [0, 0.1) is 17.5 Å². The maximum absolute atomic E-state index is 13.4. The summed E-state index contributed by atoms with van der Waals surface area (Å²) in [6, 6.07) is 1.26. The minimum absolute atomic E-state index is 0.0154. The van der Waals surface area contributed by atoms with Crippen LogP contribution in [0.1, 0.15) is 6.92 Å². The molecule has 1 heterocycles. The standard InChI is InChI=1S/C11H11F3N2OS/c1-6-16(4-5-18-6)11(17)15-8-3-2-7(12)9(13)10(8)14/h2-3,6H,4-5H2,1H3,(H,15,17). The Balaban J connectivity index is 2.14. The van der Waals surface area contributed by atoms with Gasteiger partial charge in [-0.05, 0) is 19.1 Å². The smallest absolute Gasteiger partial charge is 0.312 e. The zero-order chi connectivity index (χ0) is 13.3. The third kappa shape index (κ3) is 2.40. The summed E-state index contributed by atoms with van der Waals surface area (Å²) < 4.78 is 39.0. The highest BCUT2D eigenvalue weighted by molar-refractivity contribution is 8.00. The van der Waals surface area contributed by atoms with Gasteiger partial charge in [-0.25, -0.2) is 18.0 Å². The first-order valence-electron chi connectivity index (χ1n) is 5.33. The van der Waals surface area contributed by atoms with Crippen LogP contribution >= 0.6 is 11.8 Å². The number of nitrogens with zero attached hydrogens (tertiary/aromatic N) is 1. The van der Waals surface area contributed by atoms with Gasteiger partial charge in [-0.3, -0.25) is 0 Å². The predicted octanol–water partition coefficient (Wildman–Crippen LogP) is 3.03. The van der Waals surface area contributed by atoms with Gasteiger partial charge >= 0.3 is 6.03 Å². The van der Waals surface area contributed by atoms with E-state index in [1.165, 1.54) is 4.90 Å². The normalized spacial score (nSPS) is 19.1. The third-order valence-corrected chi connectivity index (χ3v) is 3.82. The van der Waals surface area contributed by atoms with Crippen LogP contribution in [-0.4, -0.2) is 28.6 Å². The average Bonchev–Trinajstić information content (AvgIpc) is 2.76. The molecule has 1 saturated heterocycles. The van der Waals surface area contributed by atoms with E-state index in [0.717, 1.165) is 17.9 Å². The van der Waals surface area contributed by atoms with Gasteiger partial charge in [-0.15, -0.1) is 11.8 Å². The third-order valence-electron chi connectivity index (χ3n) is 2.67. The second kappa shape index (κ2) is 5.09. The van der Waals surface area contributed by atoms with E-state index in [2.05, 4.69) is 5.32 Å². The highest BCUT2D eigenvalue weighted by Gasteiger charge is 2.26. The van der Waals surface area contributed by atoms with Crippen molar-refractivity contribution in [1.29, 1.82) is 0 Å². The largest absolute Gasteiger partial charge is 0.322 e. The van der Waals surface area contributed by atoms with E-state index < -0.39 is 23.5 Å². The molecule has 0 bridgehead atoms. The first-order chi connectivity index (χ1) is 8.50. The van der Waals surface area contributed by atoms with Crippen LogP contribution in [0.25, 0.3) is 0 Å². The van der Waals surface area contributed by atoms with Gasteiger partial charge in [0.15, 0.2) is 17.5 Å². The Morgan fingerprint density at radius 2 is 2.11 bits per heavy atom. The van der Waals surface area contributed by atoms with Crippen LogP contribution in [0.4, 0.5) is 23.7 Å². The second-order valence-corrected chi connectivity index (χ2v) is 5.24. The molecule has 1 aromatic rings.